The highest BCUT2D eigenvalue weighted by atomic mass is 16.5. The minimum atomic E-state index is -0.926. The molecule has 0 spiro atoms. The van der Waals surface area contributed by atoms with E-state index in [1.807, 2.05) is 31.2 Å². The Bertz CT molecular complexity index is 505. The first-order valence-corrected chi connectivity index (χ1v) is 7.31. The topological polar surface area (TPSA) is 78.9 Å². The standard InChI is InChI=1S/C16H24N2O4/c1-4-6-14(16(20)21)17-10-15(19)18(2)11-12-7-5-8-13(9-12)22-3/h5,7-9,14,17H,4,6,10-11H2,1-3H3,(H,20,21). The summed E-state index contributed by atoms with van der Waals surface area (Å²) in [7, 11) is 3.29. The first-order chi connectivity index (χ1) is 10.5. The monoisotopic (exact) mass is 308 g/mol. The molecule has 6 heteroatoms. The zero-order valence-electron chi connectivity index (χ0n) is 13.3. The van der Waals surface area contributed by atoms with Crippen molar-refractivity contribution < 1.29 is 19.4 Å². The van der Waals surface area contributed by atoms with Crippen LogP contribution in [0.3, 0.4) is 0 Å². The highest BCUT2D eigenvalue weighted by Gasteiger charge is 2.18. The SMILES string of the molecule is CCCC(NCC(=O)N(C)Cc1cccc(OC)c1)C(=O)O. The van der Waals surface area contributed by atoms with Crippen molar-refractivity contribution in [1.29, 1.82) is 0 Å². The maximum Gasteiger partial charge on any atom is 0.320 e. The molecule has 0 aliphatic rings. The molecule has 1 aromatic rings. The number of benzene rings is 1. The molecule has 0 heterocycles. The molecule has 22 heavy (non-hydrogen) atoms. The normalized spacial score (nSPS) is 11.8. The number of hydrogen-bond acceptors (Lipinski definition) is 4. The summed E-state index contributed by atoms with van der Waals surface area (Å²) in [6.45, 7) is 2.37. The molecule has 1 aromatic carbocycles. The van der Waals surface area contributed by atoms with Gasteiger partial charge in [-0.1, -0.05) is 25.5 Å². The third-order valence-corrected chi connectivity index (χ3v) is 3.35. The van der Waals surface area contributed by atoms with Gasteiger partial charge in [0.05, 0.1) is 13.7 Å². The third-order valence-electron chi connectivity index (χ3n) is 3.35. The molecular formula is C16H24N2O4. The van der Waals surface area contributed by atoms with Crippen LogP contribution in [0, 0.1) is 0 Å². The minimum absolute atomic E-state index is 0.0113. The van der Waals surface area contributed by atoms with Crippen molar-refractivity contribution in [3.05, 3.63) is 29.8 Å². The van der Waals surface area contributed by atoms with Crippen LogP contribution in [0.5, 0.6) is 5.75 Å². The Kier molecular flexibility index (Phi) is 7.39. The minimum Gasteiger partial charge on any atom is -0.497 e. The zero-order valence-corrected chi connectivity index (χ0v) is 13.3. The summed E-state index contributed by atoms with van der Waals surface area (Å²) in [6, 6.07) is 6.81. The molecule has 0 fully saturated rings. The van der Waals surface area contributed by atoms with Crippen molar-refractivity contribution in [1.82, 2.24) is 10.2 Å². The Labute approximate surface area is 131 Å². The van der Waals surface area contributed by atoms with Gasteiger partial charge in [-0.05, 0) is 24.1 Å². The lowest BCUT2D eigenvalue weighted by atomic mass is 10.1. The van der Waals surface area contributed by atoms with Crippen LogP contribution in [-0.4, -0.2) is 48.6 Å². The van der Waals surface area contributed by atoms with E-state index in [1.54, 1.807) is 19.1 Å². The summed E-state index contributed by atoms with van der Waals surface area (Å²) in [5.74, 6) is -0.333. The van der Waals surface area contributed by atoms with Crippen molar-refractivity contribution >= 4 is 11.9 Å². The van der Waals surface area contributed by atoms with Gasteiger partial charge in [-0.2, -0.15) is 0 Å². The number of rotatable bonds is 9. The number of aliphatic carboxylic acids is 1. The van der Waals surface area contributed by atoms with Crippen molar-refractivity contribution in [3.8, 4) is 5.75 Å². The van der Waals surface area contributed by atoms with Gasteiger partial charge in [0.15, 0.2) is 0 Å². The van der Waals surface area contributed by atoms with Crippen LogP contribution in [0.2, 0.25) is 0 Å². The Morgan fingerprint density at radius 3 is 2.73 bits per heavy atom. The molecule has 0 saturated heterocycles. The molecule has 1 atom stereocenters. The predicted molar refractivity (Wildman–Crippen MR) is 83.8 cm³/mol. The fourth-order valence-corrected chi connectivity index (χ4v) is 2.08. The second kappa shape index (κ2) is 9.04. The van der Waals surface area contributed by atoms with E-state index in [0.29, 0.717) is 13.0 Å². The average Bonchev–Trinajstić information content (AvgIpc) is 2.50. The molecule has 2 N–H and O–H groups in total. The summed E-state index contributed by atoms with van der Waals surface area (Å²) >= 11 is 0. The van der Waals surface area contributed by atoms with Crippen molar-refractivity contribution in [2.24, 2.45) is 0 Å². The van der Waals surface area contributed by atoms with E-state index in [0.717, 1.165) is 17.7 Å². The second-order valence-corrected chi connectivity index (χ2v) is 5.16. The number of nitrogens with one attached hydrogen (secondary N) is 1. The van der Waals surface area contributed by atoms with Crippen LogP contribution >= 0.6 is 0 Å². The Hall–Kier alpha value is -2.08. The van der Waals surface area contributed by atoms with E-state index >= 15 is 0 Å². The Morgan fingerprint density at radius 2 is 2.14 bits per heavy atom. The van der Waals surface area contributed by atoms with Gasteiger partial charge >= 0.3 is 5.97 Å². The van der Waals surface area contributed by atoms with E-state index in [9.17, 15) is 9.59 Å². The highest BCUT2D eigenvalue weighted by Crippen LogP contribution is 2.13. The number of hydrogen-bond donors (Lipinski definition) is 2. The van der Waals surface area contributed by atoms with Crippen LogP contribution in [0.4, 0.5) is 0 Å². The molecule has 0 bridgehead atoms. The van der Waals surface area contributed by atoms with Crippen molar-refractivity contribution in [2.75, 3.05) is 20.7 Å². The number of carbonyl (C=O) groups is 2. The van der Waals surface area contributed by atoms with Gasteiger partial charge in [0.25, 0.3) is 0 Å². The van der Waals surface area contributed by atoms with Gasteiger partial charge in [0.2, 0.25) is 5.91 Å². The summed E-state index contributed by atoms with van der Waals surface area (Å²) in [5, 5.41) is 11.8. The fraction of sp³-hybridized carbons (Fsp3) is 0.500. The summed E-state index contributed by atoms with van der Waals surface area (Å²) in [5.41, 5.74) is 0.957. The first kappa shape index (κ1) is 18.0. The molecule has 1 rings (SSSR count). The van der Waals surface area contributed by atoms with Crippen LogP contribution < -0.4 is 10.1 Å². The number of amides is 1. The first-order valence-electron chi connectivity index (χ1n) is 7.31. The van der Waals surface area contributed by atoms with Gasteiger partial charge in [0, 0.05) is 13.6 Å². The second-order valence-electron chi connectivity index (χ2n) is 5.16. The largest absolute Gasteiger partial charge is 0.497 e. The number of carboxylic acid groups (broad SMARTS) is 1. The number of ether oxygens (including phenoxy) is 1. The molecule has 122 valence electrons. The molecule has 0 aliphatic heterocycles. The van der Waals surface area contributed by atoms with Gasteiger partial charge in [-0.25, -0.2) is 0 Å². The maximum atomic E-state index is 12.1. The van der Waals surface area contributed by atoms with Gasteiger partial charge in [0.1, 0.15) is 11.8 Å². The van der Waals surface area contributed by atoms with Crippen molar-refractivity contribution in [3.63, 3.8) is 0 Å². The lowest BCUT2D eigenvalue weighted by Crippen LogP contribution is -2.43. The molecule has 1 amide bonds. The fourth-order valence-electron chi connectivity index (χ4n) is 2.08. The number of methoxy groups -OCH3 is 1. The van der Waals surface area contributed by atoms with Gasteiger partial charge < -0.3 is 14.7 Å². The quantitative estimate of drug-likeness (QED) is 0.723. The van der Waals surface area contributed by atoms with E-state index in [-0.39, 0.29) is 12.5 Å². The van der Waals surface area contributed by atoms with Crippen LogP contribution in [0.25, 0.3) is 0 Å². The summed E-state index contributed by atoms with van der Waals surface area (Å²) < 4.78 is 5.15. The molecular weight excluding hydrogens is 284 g/mol. The molecule has 1 unspecified atom stereocenters. The maximum absolute atomic E-state index is 12.1. The van der Waals surface area contributed by atoms with Crippen LogP contribution in [0.1, 0.15) is 25.3 Å². The number of likely N-dealkylation sites (N-methyl/N-ethyl adjacent to an activating group) is 1. The Morgan fingerprint density at radius 1 is 1.41 bits per heavy atom. The number of carboxylic acids is 1. The van der Waals surface area contributed by atoms with E-state index < -0.39 is 12.0 Å². The average molecular weight is 308 g/mol. The molecule has 0 aromatic heterocycles. The highest BCUT2D eigenvalue weighted by molar-refractivity contribution is 5.79. The predicted octanol–water partition coefficient (Wildman–Crippen LogP) is 1.50. The van der Waals surface area contributed by atoms with E-state index in [1.165, 1.54) is 0 Å². The van der Waals surface area contributed by atoms with Crippen LogP contribution in [-0.2, 0) is 16.1 Å². The van der Waals surface area contributed by atoms with E-state index in [2.05, 4.69) is 5.32 Å². The van der Waals surface area contributed by atoms with Crippen LogP contribution in [0.15, 0.2) is 24.3 Å². The van der Waals surface area contributed by atoms with Crippen molar-refractivity contribution in [2.45, 2.75) is 32.4 Å². The third kappa shape index (κ3) is 5.73. The molecule has 0 aliphatic carbocycles. The Balaban J connectivity index is 2.52. The molecule has 0 radical (unpaired) electrons. The summed E-state index contributed by atoms with van der Waals surface area (Å²) in [4.78, 5) is 24.7. The van der Waals surface area contributed by atoms with Gasteiger partial charge in [-0.15, -0.1) is 0 Å². The smallest absolute Gasteiger partial charge is 0.320 e. The van der Waals surface area contributed by atoms with Gasteiger partial charge in [-0.3, -0.25) is 14.9 Å². The lowest BCUT2D eigenvalue weighted by molar-refractivity contribution is -0.140. The number of carbonyl (C=O) groups excluding carboxylic acids is 1. The number of nitrogens with zero attached hydrogens (tertiary/aromatic N) is 1. The molecule has 0 saturated carbocycles. The zero-order chi connectivity index (χ0) is 16.5. The summed E-state index contributed by atoms with van der Waals surface area (Å²) in [6.07, 6.45) is 1.25. The molecule has 6 nitrogen and oxygen atoms in total. The van der Waals surface area contributed by atoms with E-state index in [4.69, 9.17) is 9.84 Å². The lowest BCUT2D eigenvalue weighted by Gasteiger charge is -2.20.